The Kier molecular flexibility index (Phi) is 5.89. The van der Waals surface area contributed by atoms with Crippen LogP contribution in [0, 0.1) is 0 Å². The highest BCUT2D eigenvalue weighted by Gasteiger charge is 2.26. The van der Waals surface area contributed by atoms with Crippen molar-refractivity contribution in [3.63, 3.8) is 0 Å². The van der Waals surface area contributed by atoms with Crippen molar-refractivity contribution < 1.29 is 15.0 Å². The van der Waals surface area contributed by atoms with E-state index >= 15 is 0 Å². The molecule has 1 aliphatic rings. The molecule has 1 saturated carbocycles. The number of allylic oxidation sites excluding steroid dienone is 1. The highest BCUT2D eigenvalue weighted by molar-refractivity contribution is 6.01. The molecule has 136 valence electrons. The summed E-state index contributed by atoms with van der Waals surface area (Å²) in [5, 5.41) is 18.9. The Morgan fingerprint density at radius 3 is 2.62 bits per heavy atom. The highest BCUT2D eigenvalue weighted by Crippen LogP contribution is 2.27. The van der Waals surface area contributed by atoms with E-state index in [0.717, 1.165) is 31.2 Å². The number of pyridine rings is 1. The van der Waals surface area contributed by atoms with Gasteiger partial charge in [-0.3, -0.25) is 9.69 Å². The Hall–Kier alpha value is -2.82. The molecule has 1 fully saturated rings. The second kappa shape index (κ2) is 8.52. The molecule has 1 heterocycles. The van der Waals surface area contributed by atoms with Crippen molar-refractivity contribution in [2.75, 3.05) is 4.90 Å². The number of benzene rings is 1. The number of rotatable bonds is 5. The van der Waals surface area contributed by atoms with Crippen molar-refractivity contribution in [3.8, 4) is 11.5 Å². The molecule has 0 spiro atoms. The maximum atomic E-state index is 12.9. The standard InChI is InChI=1S/C21H24N2O3/c24-18-13-12-16(15-19(18)25)7-6-11-21(26)23(17-8-2-1-3-9-17)20-10-4-5-14-22-20/h4-6,10-15,17,24-25H,1-3,7-9H2/b11-6-. The van der Waals surface area contributed by atoms with Crippen molar-refractivity contribution in [2.24, 2.45) is 0 Å². The van der Waals surface area contributed by atoms with Gasteiger partial charge in [0, 0.05) is 12.2 Å². The minimum atomic E-state index is -0.153. The Bertz CT molecular complexity index is 768. The molecule has 1 amide bonds. The molecule has 0 bridgehead atoms. The Morgan fingerprint density at radius 2 is 1.92 bits per heavy atom. The fourth-order valence-electron chi connectivity index (χ4n) is 3.39. The number of nitrogens with zero attached hydrogens (tertiary/aromatic N) is 2. The van der Waals surface area contributed by atoms with Crippen LogP contribution in [0.4, 0.5) is 5.82 Å². The van der Waals surface area contributed by atoms with Crippen LogP contribution in [-0.4, -0.2) is 27.1 Å². The molecule has 26 heavy (non-hydrogen) atoms. The van der Waals surface area contributed by atoms with E-state index in [1.165, 1.54) is 18.6 Å². The van der Waals surface area contributed by atoms with Crippen LogP contribution >= 0.6 is 0 Å². The number of aromatic hydroxyl groups is 2. The SMILES string of the molecule is O=C(/C=C\Cc1ccc(O)c(O)c1)N(c1ccccn1)C1CCCCC1. The number of phenols is 2. The summed E-state index contributed by atoms with van der Waals surface area (Å²) >= 11 is 0. The normalized spacial score (nSPS) is 15.2. The van der Waals surface area contributed by atoms with Gasteiger partial charge in [0.1, 0.15) is 5.82 Å². The first-order valence-corrected chi connectivity index (χ1v) is 9.07. The summed E-state index contributed by atoms with van der Waals surface area (Å²) < 4.78 is 0. The van der Waals surface area contributed by atoms with Crippen LogP contribution < -0.4 is 4.90 Å². The maximum Gasteiger partial charge on any atom is 0.252 e. The first-order chi connectivity index (χ1) is 12.6. The van der Waals surface area contributed by atoms with Crippen molar-refractivity contribution in [3.05, 3.63) is 60.3 Å². The summed E-state index contributed by atoms with van der Waals surface area (Å²) in [4.78, 5) is 19.0. The van der Waals surface area contributed by atoms with Gasteiger partial charge in [-0.25, -0.2) is 4.98 Å². The molecule has 5 nitrogen and oxygen atoms in total. The lowest BCUT2D eigenvalue weighted by Crippen LogP contribution is -2.41. The van der Waals surface area contributed by atoms with E-state index in [1.54, 1.807) is 24.4 Å². The van der Waals surface area contributed by atoms with Gasteiger partial charge in [-0.15, -0.1) is 0 Å². The zero-order chi connectivity index (χ0) is 18.4. The lowest BCUT2D eigenvalue weighted by atomic mass is 9.94. The smallest absolute Gasteiger partial charge is 0.252 e. The van der Waals surface area contributed by atoms with Crippen LogP contribution in [0.15, 0.2) is 54.7 Å². The summed E-state index contributed by atoms with van der Waals surface area (Å²) in [7, 11) is 0. The number of phenolic OH excluding ortho intramolecular Hbond substituents is 2. The summed E-state index contributed by atoms with van der Waals surface area (Å²) in [5.74, 6) is 0.321. The molecule has 3 rings (SSSR count). The van der Waals surface area contributed by atoms with Gasteiger partial charge in [0.2, 0.25) is 0 Å². The molecule has 0 saturated heterocycles. The number of amides is 1. The number of anilines is 1. The molecule has 0 radical (unpaired) electrons. The molecule has 0 unspecified atom stereocenters. The predicted octanol–water partition coefficient (Wildman–Crippen LogP) is 3.96. The summed E-state index contributed by atoms with van der Waals surface area (Å²) in [5.41, 5.74) is 0.825. The van der Waals surface area contributed by atoms with E-state index in [2.05, 4.69) is 4.98 Å². The van der Waals surface area contributed by atoms with Crippen LogP contribution in [0.25, 0.3) is 0 Å². The third-order valence-corrected chi connectivity index (χ3v) is 4.73. The van der Waals surface area contributed by atoms with Crippen LogP contribution in [0.5, 0.6) is 11.5 Å². The molecular weight excluding hydrogens is 328 g/mol. The first kappa shape index (κ1) is 18.0. The van der Waals surface area contributed by atoms with Crippen LogP contribution in [0.2, 0.25) is 0 Å². The molecular formula is C21H24N2O3. The van der Waals surface area contributed by atoms with Crippen LogP contribution in [-0.2, 0) is 11.2 Å². The van der Waals surface area contributed by atoms with E-state index in [1.807, 2.05) is 23.1 Å². The minimum Gasteiger partial charge on any atom is -0.504 e. The van der Waals surface area contributed by atoms with E-state index in [9.17, 15) is 15.0 Å². The van der Waals surface area contributed by atoms with Gasteiger partial charge in [0.05, 0.1) is 0 Å². The maximum absolute atomic E-state index is 12.9. The molecule has 2 N–H and O–H groups in total. The van der Waals surface area contributed by atoms with E-state index in [0.29, 0.717) is 12.2 Å². The van der Waals surface area contributed by atoms with Gasteiger partial charge in [0.15, 0.2) is 11.5 Å². The van der Waals surface area contributed by atoms with E-state index in [4.69, 9.17) is 0 Å². The quantitative estimate of drug-likeness (QED) is 0.631. The number of carbonyl (C=O) groups excluding carboxylic acids is 1. The second-order valence-electron chi connectivity index (χ2n) is 6.62. The summed E-state index contributed by atoms with van der Waals surface area (Å²) in [6.07, 6.45) is 11.1. The van der Waals surface area contributed by atoms with E-state index in [-0.39, 0.29) is 23.4 Å². The van der Waals surface area contributed by atoms with Crippen molar-refractivity contribution in [1.82, 2.24) is 4.98 Å². The number of carbonyl (C=O) groups is 1. The van der Waals surface area contributed by atoms with Gasteiger partial charge in [0.25, 0.3) is 5.91 Å². The highest BCUT2D eigenvalue weighted by atomic mass is 16.3. The third-order valence-electron chi connectivity index (χ3n) is 4.73. The Balaban J connectivity index is 1.73. The Morgan fingerprint density at radius 1 is 1.12 bits per heavy atom. The zero-order valence-electron chi connectivity index (χ0n) is 14.7. The number of hydrogen-bond acceptors (Lipinski definition) is 4. The van der Waals surface area contributed by atoms with Crippen LogP contribution in [0.3, 0.4) is 0 Å². The summed E-state index contributed by atoms with van der Waals surface area (Å²) in [6, 6.07) is 10.5. The van der Waals surface area contributed by atoms with Crippen molar-refractivity contribution in [2.45, 2.75) is 44.6 Å². The fourth-order valence-corrected chi connectivity index (χ4v) is 3.39. The van der Waals surface area contributed by atoms with Gasteiger partial charge < -0.3 is 10.2 Å². The molecule has 1 aromatic carbocycles. The lowest BCUT2D eigenvalue weighted by molar-refractivity contribution is -0.114. The molecule has 1 aliphatic carbocycles. The lowest BCUT2D eigenvalue weighted by Gasteiger charge is -2.32. The van der Waals surface area contributed by atoms with Gasteiger partial charge in [-0.1, -0.05) is 37.5 Å². The zero-order valence-corrected chi connectivity index (χ0v) is 14.7. The molecule has 2 aromatic rings. The summed E-state index contributed by atoms with van der Waals surface area (Å²) in [6.45, 7) is 0. The number of aromatic nitrogens is 1. The minimum absolute atomic E-state index is 0.0707. The second-order valence-corrected chi connectivity index (χ2v) is 6.62. The van der Waals surface area contributed by atoms with E-state index < -0.39 is 0 Å². The Labute approximate surface area is 153 Å². The molecule has 5 heteroatoms. The first-order valence-electron chi connectivity index (χ1n) is 9.07. The topological polar surface area (TPSA) is 73.7 Å². The predicted molar refractivity (Wildman–Crippen MR) is 101 cm³/mol. The van der Waals surface area contributed by atoms with Gasteiger partial charge in [-0.05, 0) is 55.2 Å². The van der Waals surface area contributed by atoms with Gasteiger partial charge in [-0.2, -0.15) is 0 Å². The molecule has 0 aliphatic heterocycles. The average Bonchev–Trinajstić information content (AvgIpc) is 2.67. The molecule has 0 atom stereocenters. The number of hydrogen-bond donors (Lipinski definition) is 2. The van der Waals surface area contributed by atoms with Crippen molar-refractivity contribution in [1.29, 1.82) is 0 Å². The average molecular weight is 352 g/mol. The van der Waals surface area contributed by atoms with Crippen LogP contribution in [0.1, 0.15) is 37.7 Å². The fraction of sp³-hybridized carbons (Fsp3) is 0.333. The van der Waals surface area contributed by atoms with Gasteiger partial charge >= 0.3 is 0 Å². The monoisotopic (exact) mass is 352 g/mol. The molecule has 1 aromatic heterocycles. The third kappa shape index (κ3) is 4.42. The largest absolute Gasteiger partial charge is 0.504 e. The van der Waals surface area contributed by atoms with Crippen molar-refractivity contribution >= 4 is 11.7 Å².